The van der Waals surface area contributed by atoms with Crippen molar-refractivity contribution in [1.82, 2.24) is 0 Å². The number of hydrogen-bond donors (Lipinski definition) is 1. The van der Waals surface area contributed by atoms with Crippen LogP contribution in [-0.4, -0.2) is 18.3 Å². The standard InChI is InChI=1S/C14H13F2NO3S/c15-14(16)20-12-6-2-1-5-11(12)17-13(18)9-21-8-10-4-3-7-19-10/h1-7,14H,8-9H2,(H,17,18). The average Bonchev–Trinajstić information content (AvgIpc) is 2.93. The summed E-state index contributed by atoms with van der Waals surface area (Å²) in [4.78, 5) is 11.8. The molecule has 0 spiro atoms. The van der Waals surface area contributed by atoms with Gasteiger partial charge in [-0.1, -0.05) is 12.1 Å². The van der Waals surface area contributed by atoms with Crippen LogP contribution >= 0.6 is 11.8 Å². The van der Waals surface area contributed by atoms with E-state index in [1.54, 1.807) is 24.5 Å². The molecule has 0 aliphatic rings. The van der Waals surface area contributed by atoms with E-state index in [1.165, 1.54) is 23.9 Å². The minimum absolute atomic E-state index is 0.0584. The van der Waals surface area contributed by atoms with E-state index < -0.39 is 6.61 Å². The molecule has 7 heteroatoms. The van der Waals surface area contributed by atoms with Gasteiger partial charge in [0.1, 0.15) is 11.5 Å². The molecule has 0 atom stereocenters. The predicted molar refractivity (Wildman–Crippen MR) is 76.6 cm³/mol. The Labute approximate surface area is 124 Å². The van der Waals surface area contributed by atoms with E-state index in [-0.39, 0.29) is 23.1 Å². The van der Waals surface area contributed by atoms with Crippen molar-refractivity contribution in [2.75, 3.05) is 11.1 Å². The third-order valence-corrected chi connectivity index (χ3v) is 3.39. The quantitative estimate of drug-likeness (QED) is 0.846. The van der Waals surface area contributed by atoms with E-state index in [0.717, 1.165) is 5.76 Å². The van der Waals surface area contributed by atoms with Crippen molar-refractivity contribution in [3.05, 3.63) is 48.4 Å². The topological polar surface area (TPSA) is 51.5 Å². The third-order valence-electron chi connectivity index (χ3n) is 2.43. The molecule has 2 aromatic rings. The van der Waals surface area contributed by atoms with Gasteiger partial charge >= 0.3 is 6.61 Å². The number of nitrogens with one attached hydrogen (secondary N) is 1. The van der Waals surface area contributed by atoms with E-state index in [0.29, 0.717) is 5.75 Å². The van der Waals surface area contributed by atoms with E-state index in [9.17, 15) is 13.6 Å². The van der Waals surface area contributed by atoms with Gasteiger partial charge in [-0.3, -0.25) is 4.79 Å². The molecular weight excluding hydrogens is 300 g/mol. The Balaban J connectivity index is 1.84. The lowest BCUT2D eigenvalue weighted by atomic mass is 10.3. The normalized spacial score (nSPS) is 10.6. The highest BCUT2D eigenvalue weighted by Crippen LogP contribution is 2.25. The zero-order valence-corrected chi connectivity index (χ0v) is 11.7. The predicted octanol–water partition coefficient (Wildman–Crippen LogP) is 3.75. The molecule has 0 unspecified atom stereocenters. The number of hydrogen-bond acceptors (Lipinski definition) is 4. The van der Waals surface area contributed by atoms with E-state index in [2.05, 4.69) is 10.1 Å². The number of furan rings is 1. The number of ether oxygens (including phenoxy) is 1. The molecule has 1 aromatic carbocycles. The first-order chi connectivity index (χ1) is 10.1. The Morgan fingerprint density at radius 3 is 2.81 bits per heavy atom. The van der Waals surface area contributed by atoms with Gasteiger partial charge in [-0.2, -0.15) is 8.78 Å². The molecule has 0 radical (unpaired) electrons. The molecule has 0 aliphatic carbocycles. The summed E-state index contributed by atoms with van der Waals surface area (Å²) in [5.74, 6) is 1.17. The van der Waals surface area contributed by atoms with Gasteiger partial charge in [0.05, 0.1) is 23.5 Å². The number of halogens is 2. The Morgan fingerprint density at radius 1 is 1.29 bits per heavy atom. The lowest BCUT2D eigenvalue weighted by Gasteiger charge is -2.11. The van der Waals surface area contributed by atoms with Gasteiger partial charge in [0.25, 0.3) is 0 Å². The molecule has 1 heterocycles. The Bertz CT molecular complexity index is 575. The number of alkyl halides is 2. The summed E-state index contributed by atoms with van der Waals surface area (Å²) in [6.07, 6.45) is 1.56. The molecular formula is C14H13F2NO3S. The van der Waals surface area contributed by atoms with E-state index >= 15 is 0 Å². The van der Waals surface area contributed by atoms with Crippen molar-refractivity contribution < 1.29 is 22.7 Å². The fourth-order valence-corrected chi connectivity index (χ4v) is 2.32. The number of thioether (sulfide) groups is 1. The maximum absolute atomic E-state index is 12.2. The van der Waals surface area contributed by atoms with Crippen LogP contribution in [0.3, 0.4) is 0 Å². The lowest BCUT2D eigenvalue weighted by molar-refractivity contribution is -0.113. The summed E-state index contributed by atoms with van der Waals surface area (Å²) >= 11 is 1.36. The van der Waals surface area contributed by atoms with Crippen LogP contribution in [0, 0.1) is 0 Å². The fourth-order valence-electron chi connectivity index (χ4n) is 1.59. The summed E-state index contributed by atoms with van der Waals surface area (Å²) in [5, 5.41) is 2.55. The van der Waals surface area contributed by atoms with Gasteiger partial charge in [-0.25, -0.2) is 0 Å². The van der Waals surface area contributed by atoms with Gasteiger partial charge in [0, 0.05) is 0 Å². The number of benzene rings is 1. The number of carbonyl (C=O) groups excluding carboxylic acids is 1. The number of amides is 1. The molecule has 0 saturated carbocycles. The Kier molecular flexibility index (Phi) is 5.62. The minimum Gasteiger partial charge on any atom is -0.468 e. The average molecular weight is 313 g/mol. The molecule has 1 aromatic heterocycles. The van der Waals surface area contributed by atoms with Gasteiger partial charge in [0.2, 0.25) is 5.91 Å². The molecule has 1 amide bonds. The summed E-state index contributed by atoms with van der Waals surface area (Å²) < 4.78 is 34.0. The first-order valence-electron chi connectivity index (χ1n) is 6.09. The molecule has 4 nitrogen and oxygen atoms in total. The van der Waals surface area contributed by atoms with E-state index in [4.69, 9.17) is 4.42 Å². The highest BCUT2D eigenvalue weighted by atomic mass is 32.2. The summed E-state index contributed by atoms with van der Waals surface area (Å²) in [6, 6.07) is 9.65. The van der Waals surface area contributed by atoms with Gasteiger partial charge < -0.3 is 14.5 Å². The van der Waals surface area contributed by atoms with Crippen LogP contribution in [0.25, 0.3) is 0 Å². The highest BCUT2D eigenvalue weighted by Gasteiger charge is 2.11. The van der Waals surface area contributed by atoms with Gasteiger partial charge in [-0.15, -0.1) is 11.8 Å². The second-order valence-electron chi connectivity index (χ2n) is 4.00. The molecule has 0 fully saturated rings. The maximum Gasteiger partial charge on any atom is 0.387 e. The molecule has 0 bridgehead atoms. The van der Waals surface area contributed by atoms with Crippen molar-refractivity contribution in [2.24, 2.45) is 0 Å². The largest absolute Gasteiger partial charge is 0.468 e. The minimum atomic E-state index is -2.93. The molecule has 2 rings (SSSR count). The van der Waals surface area contributed by atoms with Crippen molar-refractivity contribution >= 4 is 23.4 Å². The van der Waals surface area contributed by atoms with Crippen LogP contribution in [0.15, 0.2) is 47.1 Å². The van der Waals surface area contributed by atoms with Crippen LogP contribution in [0.5, 0.6) is 5.75 Å². The molecule has 0 saturated heterocycles. The zero-order valence-electron chi connectivity index (χ0n) is 10.9. The van der Waals surface area contributed by atoms with Crippen molar-refractivity contribution in [1.29, 1.82) is 0 Å². The third kappa shape index (κ3) is 5.11. The fraction of sp³-hybridized carbons (Fsp3) is 0.214. The maximum atomic E-state index is 12.2. The number of carbonyl (C=O) groups is 1. The number of anilines is 1. The van der Waals surface area contributed by atoms with Crippen LogP contribution in [0.1, 0.15) is 5.76 Å². The number of para-hydroxylation sites is 2. The monoisotopic (exact) mass is 313 g/mol. The van der Waals surface area contributed by atoms with Crippen LogP contribution in [0.4, 0.5) is 14.5 Å². The second-order valence-corrected chi connectivity index (χ2v) is 4.98. The van der Waals surface area contributed by atoms with Crippen molar-refractivity contribution in [3.63, 3.8) is 0 Å². The van der Waals surface area contributed by atoms with E-state index in [1.807, 2.05) is 6.07 Å². The number of rotatable bonds is 7. The summed E-state index contributed by atoms with van der Waals surface area (Å²) in [7, 11) is 0. The smallest absolute Gasteiger partial charge is 0.387 e. The van der Waals surface area contributed by atoms with Crippen LogP contribution in [0.2, 0.25) is 0 Å². The first kappa shape index (κ1) is 15.4. The Hall–Kier alpha value is -2.02. The second kappa shape index (κ2) is 7.68. The summed E-state index contributed by atoms with van der Waals surface area (Å²) in [5.41, 5.74) is 0.224. The van der Waals surface area contributed by atoms with Crippen molar-refractivity contribution in [3.8, 4) is 5.75 Å². The molecule has 0 aliphatic heterocycles. The summed E-state index contributed by atoms with van der Waals surface area (Å²) in [6.45, 7) is -2.93. The molecule has 1 N–H and O–H groups in total. The van der Waals surface area contributed by atoms with Gasteiger partial charge in [0.15, 0.2) is 0 Å². The highest BCUT2D eigenvalue weighted by molar-refractivity contribution is 7.99. The molecule has 21 heavy (non-hydrogen) atoms. The Morgan fingerprint density at radius 2 is 2.10 bits per heavy atom. The zero-order chi connectivity index (χ0) is 15.1. The lowest BCUT2D eigenvalue weighted by Crippen LogP contribution is -2.15. The SMILES string of the molecule is O=C(CSCc1ccco1)Nc1ccccc1OC(F)F. The van der Waals surface area contributed by atoms with Crippen LogP contribution < -0.4 is 10.1 Å². The first-order valence-corrected chi connectivity index (χ1v) is 7.24. The van der Waals surface area contributed by atoms with Gasteiger partial charge in [-0.05, 0) is 24.3 Å². The molecule has 112 valence electrons. The van der Waals surface area contributed by atoms with Crippen LogP contribution in [-0.2, 0) is 10.5 Å². The van der Waals surface area contributed by atoms with Crippen molar-refractivity contribution in [2.45, 2.75) is 12.4 Å².